The molecule has 0 spiro atoms. The molecule has 1 heterocycles. The first-order valence-electron chi connectivity index (χ1n) is 8.57. The van der Waals surface area contributed by atoms with Gasteiger partial charge in [0.15, 0.2) is 0 Å². The molecule has 0 saturated carbocycles. The topological polar surface area (TPSA) is 49.8 Å². The molecule has 0 saturated heterocycles. The SMILES string of the molecule is Clc1ccccc1CNc1nc(Nc2cccc(Cl)c2Cl)nc2ccccc12. The van der Waals surface area contributed by atoms with Gasteiger partial charge in [0.25, 0.3) is 0 Å². The van der Waals surface area contributed by atoms with Crippen molar-refractivity contribution in [2.75, 3.05) is 10.6 Å². The van der Waals surface area contributed by atoms with Gasteiger partial charge in [0.1, 0.15) is 5.82 Å². The number of aromatic nitrogens is 2. The van der Waals surface area contributed by atoms with Gasteiger partial charge >= 0.3 is 0 Å². The Bertz CT molecular complexity index is 1150. The maximum atomic E-state index is 6.28. The predicted octanol–water partition coefficient (Wildman–Crippen LogP) is 6.95. The molecule has 0 unspecified atom stereocenters. The van der Waals surface area contributed by atoms with E-state index in [1.807, 2.05) is 60.7 Å². The van der Waals surface area contributed by atoms with Crippen LogP contribution in [0.2, 0.25) is 15.1 Å². The van der Waals surface area contributed by atoms with Crippen LogP contribution in [0.5, 0.6) is 0 Å². The third-order valence-corrected chi connectivity index (χ3v) is 5.39. The minimum atomic E-state index is 0.421. The minimum Gasteiger partial charge on any atom is -0.365 e. The largest absolute Gasteiger partial charge is 0.365 e. The molecular formula is C21H15Cl3N4. The Hall–Kier alpha value is -2.53. The predicted molar refractivity (Wildman–Crippen MR) is 118 cm³/mol. The Morgan fingerprint density at radius 1 is 0.750 bits per heavy atom. The summed E-state index contributed by atoms with van der Waals surface area (Å²) in [5, 5.41) is 9.02. The number of nitrogens with zero attached hydrogens (tertiary/aromatic N) is 2. The van der Waals surface area contributed by atoms with Gasteiger partial charge in [-0.25, -0.2) is 4.98 Å². The molecule has 4 aromatic rings. The molecule has 4 rings (SSSR count). The monoisotopic (exact) mass is 428 g/mol. The number of halogens is 3. The maximum Gasteiger partial charge on any atom is 0.229 e. The summed E-state index contributed by atoms with van der Waals surface area (Å²) >= 11 is 18.6. The Labute approximate surface area is 177 Å². The van der Waals surface area contributed by atoms with E-state index >= 15 is 0 Å². The van der Waals surface area contributed by atoms with Crippen LogP contribution in [-0.4, -0.2) is 9.97 Å². The minimum absolute atomic E-state index is 0.421. The normalized spacial score (nSPS) is 10.8. The van der Waals surface area contributed by atoms with Crippen molar-refractivity contribution >= 4 is 63.2 Å². The van der Waals surface area contributed by atoms with E-state index in [0.717, 1.165) is 16.5 Å². The fourth-order valence-corrected chi connectivity index (χ4v) is 3.36. The van der Waals surface area contributed by atoms with Crippen molar-refractivity contribution in [2.45, 2.75) is 6.54 Å². The van der Waals surface area contributed by atoms with Crippen LogP contribution in [0.15, 0.2) is 66.7 Å². The molecule has 3 aromatic carbocycles. The number of anilines is 3. The third kappa shape index (κ3) is 3.99. The molecule has 0 fully saturated rings. The molecule has 0 aliphatic rings. The lowest BCUT2D eigenvalue weighted by atomic mass is 10.2. The van der Waals surface area contributed by atoms with Crippen LogP contribution in [0, 0.1) is 0 Å². The summed E-state index contributed by atoms with van der Waals surface area (Å²) in [6, 6.07) is 20.9. The summed E-state index contributed by atoms with van der Waals surface area (Å²) in [6.07, 6.45) is 0. The van der Waals surface area contributed by atoms with Crippen molar-refractivity contribution in [3.63, 3.8) is 0 Å². The summed E-state index contributed by atoms with van der Waals surface area (Å²) in [5.41, 5.74) is 2.43. The van der Waals surface area contributed by atoms with E-state index in [9.17, 15) is 0 Å². The smallest absolute Gasteiger partial charge is 0.229 e. The summed E-state index contributed by atoms with van der Waals surface area (Å²) in [4.78, 5) is 9.22. The molecule has 0 aliphatic carbocycles. The van der Waals surface area contributed by atoms with Crippen LogP contribution >= 0.6 is 34.8 Å². The molecule has 4 nitrogen and oxygen atoms in total. The van der Waals surface area contributed by atoms with E-state index in [0.29, 0.717) is 39.1 Å². The van der Waals surface area contributed by atoms with Gasteiger partial charge in [-0.2, -0.15) is 4.98 Å². The van der Waals surface area contributed by atoms with Crippen molar-refractivity contribution < 1.29 is 0 Å². The maximum absolute atomic E-state index is 6.28. The quantitative estimate of drug-likeness (QED) is 0.360. The van der Waals surface area contributed by atoms with Crippen LogP contribution in [0.25, 0.3) is 10.9 Å². The van der Waals surface area contributed by atoms with Crippen LogP contribution in [0.4, 0.5) is 17.5 Å². The average molecular weight is 430 g/mol. The van der Waals surface area contributed by atoms with E-state index in [4.69, 9.17) is 34.8 Å². The fraction of sp³-hybridized carbons (Fsp3) is 0.0476. The lowest BCUT2D eigenvalue weighted by molar-refractivity contribution is 1.10. The van der Waals surface area contributed by atoms with Crippen LogP contribution < -0.4 is 10.6 Å². The Kier molecular flexibility index (Phi) is 5.53. The fourth-order valence-electron chi connectivity index (χ4n) is 2.81. The van der Waals surface area contributed by atoms with Gasteiger partial charge in [0, 0.05) is 17.0 Å². The second-order valence-corrected chi connectivity index (χ2v) is 7.28. The number of rotatable bonds is 5. The van der Waals surface area contributed by atoms with Gasteiger partial charge in [-0.15, -0.1) is 0 Å². The zero-order valence-corrected chi connectivity index (χ0v) is 16.9. The van der Waals surface area contributed by atoms with E-state index in [2.05, 4.69) is 20.6 Å². The second kappa shape index (κ2) is 8.23. The number of hydrogen-bond donors (Lipinski definition) is 2. The number of hydrogen-bond acceptors (Lipinski definition) is 4. The van der Waals surface area contributed by atoms with Crippen LogP contribution in [0.1, 0.15) is 5.56 Å². The van der Waals surface area contributed by atoms with Gasteiger partial charge in [-0.3, -0.25) is 0 Å². The number of fused-ring (bicyclic) bond motifs is 1. The number of benzene rings is 3. The van der Waals surface area contributed by atoms with Gasteiger partial charge in [-0.05, 0) is 35.9 Å². The van der Waals surface area contributed by atoms with E-state index in [-0.39, 0.29) is 0 Å². The highest BCUT2D eigenvalue weighted by Crippen LogP contribution is 2.32. The average Bonchev–Trinajstić information content (AvgIpc) is 2.70. The highest BCUT2D eigenvalue weighted by molar-refractivity contribution is 6.43. The summed E-state index contributed by atoms with van der Waals surface area (Å²) in [5.74, 6) is 1.12. The van der Waals surface area contributed by atoms with Crippen LogP contribution in [-0.2, 0) is 6.54 Å². The molecular weight excluding hydrogens is 415 g/mol. The molecule has 7 heteroatoms. The van der Waals surface area contributed by atoms with Gasteiger partial charge in [-0.1, -0.05) is 71.2 Å². The Balaban J connectivity index is 1.69. The summed E-state index contributed by atoms with van der Waals surface area (Å²) < 4.78 is 0. The first kappa shape index (κ1) is 18.8. The molecule has 28 heavy (non-hydrogen) atoms. The standard InChI is InChI=1S/C21H15Cl3N4/c22-15-8-3-1-6-13(15)12-25-20-14-7-2-4-10-17(14)26-21(28-20)27-18-11-5-9-16(23)19(18)24/h1-11H,12H2,(H2,25,26,27,28). The lowest BCUT2D eigenvalue weighted by Crippen LogP contribution is -2.06. The van der Waals surface area contributed by atoms with Crippen molar-refractivity contribution in [1.82, 2.24) is 9.97 Å². The molecule has 0 radical (unpaired) electrons. The third-order valence-electron chi connectivity index (χ3n) is 4.21. The summed E-state index contributed by atoms with van der Waals surface area (Å²) in [6.45, 7) is 0.540. The van der Waals surface area contributed by atoms with Crippen molar-refractivity contribution in [2.24, 2.45) is 0 Å². The van der Waals surface area contributed by atoms with Gasteiger partial charge in [0.05, 0.1) is 21.2 Å². The molecule has 140 valence electrons. The Morgan fingerprint density at radius 2 is 1.50 bits per heavy atom. The molecule has 0 bridgehead atoms. The first-order valence-corrected chi connectivity index (χ1v) is 9.70. The summed E-state index contributed by atoms with van der Waals surface area (Å²) in [7, 11) is 0. The van der Waals surface area contributed by atoms with Crippen molar-refractivity contribution in [3.05, 3.63) is 87.4 Å². The lowest BCUT2D eigenvalue weighted by Gasteiger charge is -2.13. The first-order chi connectivity index (χ1) is 13.6. The van der Waals surface area contributed by atoms with Crippen molar-refractivity contribution in [3.8, 4) is 0 Å². The highest BCUT2D eigenvalue weighted by atomic mass is 35.5. The van der Waals surface area contributed by atoms with E-state index in [1.54, 1.807) is 6.07 Å². The Morgan fingerprint density at radius 3 is 2.36 bits per heavy atom. The molecule has 2 N–H and O–H groups in total. The number of para-hydroxylation sites is 1. The molecule has 0 amide bonds. The van der Waals surface area contributed by atoms with E-state index < -0.39 is 0 Å². The van der Waals surface area contributed by atoms with Gasteiger partial charge in [0.2, 0.25) is 5.95 Å². The zero-order valence-electron chi connectivity index (χ0n) is 14.6. The zero-order chi connectivity index (χ0) is 19.5. The van der Waals surface area contributed by atoms with Gasteiger partial charge < -0.3 is 10.6 Å². The van der Waals surface area contributed by atoms with Crippen LogP contribution in [0.3, 0.4) is 0 Å². The second-order valence-electron chi connectivity index (χ2n) is 6.08. The van der Waals surface area contributed by atoms with E-state index in [1.165, 1.54) is 0 Å². The molecule has 0 atom stereocenters. The molecule has 1 aromatic heterocycles. The highest BCUT2D eigenvalue weighted by Gasteiger charge is 2.11. The molecule has 0 aliphatic heterocycles. The van der Waals surface area contributed by atoms with Crippen molar-refractivity contribution in [1.29, 1.82) is 0 Å². The number of nitrogens with one attached hydrogen (secondary N) is 2.